The third-order valence-electron chi connectivity index (χ3n) is 3.07. The molecule has 6 heteroatoms. The van der Waals surface area contributed by atoms with Gasteiger partial charge >= 0.3 is 0 Å². The van der Waals surface area contributed by atoms with Crippen LogP contribution in [0.4, 0.5) is 14.5 Å². The van der Waals surface area contributed by atoms with Gasteiger partial charge in [0.05, 0.1) is 12.0 Å². The topological polar surface area (TPSA) is 47.2 Å². The number of hydrogen-bond donors (Lipinski definition) is 1. The van der Waals surface area contributed by atoms with Crippen molar-refractivity contribution in [1.29, 1.82) is 0 Å². The van der Waals surface area contributed by atoms with Gasteiger partial charge in [0, 0.05) is 37.6 Å². The summed E-state index contributed by atoms with van der Waals surface area (Å²) in [6.07, 6.45) is 5.83. The van der Waals surface area contributed by atoms with Crippen molar-refractivity contribution in [1.82, 2.24) is 4.57 Å². The maximum Gasteiger partial charge on any atom is 0.185 e. The Morgan fingerprint density at radius 2 is 2.09 bits per heavy atom. The highest BCUT2D eigenvalue weighted by molar-refractivity contribution is 5.69. The Balaban J connectivity index is 0.000000229. The van der Waals surface area contributed by atoms with Crippen LogP contribution >= 0.6 is 0 Å². The minimum absolute atomic E-state index is 0.375. The summed E-state index contributed by atoms with van der Waals surface area (Å²) >= 11 is 0. The molecule has 2 heterocycles. The van der Waals surface area contributed by atoms with E-state index >= 15 is 0 Å². The fraction of sp³-hybridized carbons (Fsp3) is 0.118. The molecule has 1 aromatic carbocycles. The zero-order valence-corrected chi connectivity index (χ0v) is 12.5. The third-order valence-corrected chi connectivity index (χ3v) is 3.07. The summed E-state index contributed by atoms with van der Waals surface area (Å²) < 4.78 is 32.5. The highest BCUT2D eigenvalue weighted by Crippen LogP contribution is 2.13. The normalized spacial score (nSPS) is 9.87. The molecular formula is C17H16F2N2O2. The van der Waals surface area contributed by atoms with E-state index in [0.29, 0.717) is 24.2 Å². The van der Waals surface area contributed by atoms with Crippen LogP contribution in [0.2, 0.25) is 0 Å². The molecule has 0 bridgehead atoms. The molecule has 0 unspecified atom stereocenters. The smallest absolute Gasteiger partial charge is 0.185 e. The van der Waals surface area contributed by atoms with Gasteiger partial charge in [-0.15, -0.1) is 0 Å². The van der Waals surface area contributed by atoms with Crippen LogP contribution in [0.5, 0.6) is 0 Å². The number of halogens is 2. The molecule has 0 saturated carbocycles. The largest absolute Gasteiger partial charge is 0.462 e. The van der Waals surface area contributed by atoms with Gasteiger partial charge in [-0.05, 0) is 24.3 Å². The summed E-state index contributed by atoms with van der Waals surface area (Å²) in [5.41, 5.74) is 1.43. The number of benzene rings is 1. The lowest BCUT2D eigenvalue weighted by molar-refractivity contribution is 0.110. The van der Waals surface area contributed by atoms with Gasteiger partial charge in [-0.25, -0.2) is 8.78 Å². The second-order valence-electron chi connectivity index (χ2n) is 4.69. The van der Waals surface area contributed by atoms with Crippen LogP contribution in [0.3, 0.4) is 0 Å². The SMILES string of the molecule is CNc1ccn(Cc2ccc(F)cc2F)c1.O=Cc1ccco1. The Morgan fingerprint density at radius 3 is 2.61 bits per heavy atom. The van der Waals surface area contributed by atoms with E-state index in [1.807, 2.05) is 30.1 Å². The first-order valence-electron chi connectivity index (χ1n) is 6.88. The molecule has 0 aliphatic carbocycles. The first kappa shape index (κ1) is 16.5. The molecule has 0 aliphatic rings. The standard InChI is InChI=1S/C12H12F2N2.C5H4O2/c1-15-11-4-5-16(8-11)7-9-2-3-10(13)6-12(9)14;6-4-5-2-1-3-7-5/h2-6,8,15H,7H2,1H3;1-4H. The number of anilines is 1. The molecule has 0 spiro atoms. The van der Waals surface area contributed by atoms with Gasteiger partial charge in [-0.1, -0.05) is 6.07 Å². The van der Waals surface area contributed by atoms with Crippen molar-refractivity contribution >= 4 is 12.0 Å². The molecule has 23 heavy (non-hydrogen) atoms. The van der Waals surface area contributed by atoms with Gasteiger partial charge in [-0.2, -0.15) is 0 Å². The summed E-state index contributed by atoms with van der Waals surface area (Å²) in [5.74, 6) is -0.690. The molecule has 0 atom stereocenters. The zero-order chi connectivity index (χ0) is 16.7. The van der Waals surface area contributed by atoms with E-state index in [1.54, 1.807) is 12.1 Å². The van der Waals surface area contributed by atoms with Crippen LogP contribution in [-0.2, 0) is 6.54 Å². The molecule has 0 saturated heterocycles. The van der Waals surface area contributed by atoms with Crippen LogP contribution in [0.15, 0.2) is 59.5 Å². The van der Waals surface area contributed by atoms with Gasteiger partial charge < -0.3 is 14.3 Å². The number of aromatic nitrogens is 1. The average Bonchev–Trinajstić information content (AvgIpc) is 3.22. The summed E-state index contributed by atoms with van der Waals surface area (Å²) in [5, 5.41) is 2.98. The molecule has 4 nitrogen and oxygen atoms in total. The summed E-state index contributed by atoms with van der Waals surface area (Å²) in [7, 11) is 1.82. The molecule has 0 radical (unpaired) electrons. The molecule has 0 aliphatic heterocycles. The Labute approximate surface area is 132 Å². The van der Waals surface area contributed by atoms with Crippen LogP contribution < -0.4 is 5.32 Å². The van der Waals surface area contributed by atoms with Crippen LogP contribution in [0.1, 0.15) is 16.1 Å². The summed E-state index contributed by atoms with van der Waals surface area (Å²) in [6, 6.07) is 8.79. The minimum atomic E-state index is -0.551. The molecular weight excluding hydrogens is 302 g/mol. The fourth-order valence-corrected chi connectivity index (χ4v) is 1.89. The van der Waals surface area contributed by atoms with E-state index in [-0.39, 0.29) is 0 Å². The number of carbonyl (C=O) groups is 1. The quantitative estimate of drug-likeness (QED) is 0.741. The lowest BCUT2D eigenvalue weighted by atomic mass is 10.2. The monoisotopic (exact) mass is 318 g/mol. The third kappa shape index (κ3) is 4.81. The van der Waals surface area contributed by atoms with Crippen molar-refractivity contribution < 1.29 is 18.0 Å². The van der Waals surface area contributed by atoms with E-state index in [9.17, 15) is 13.6 Å². The predicted molar refractivity (Wildman–Crippen MR) is 83.5 cm³/mol. The van der Waals surface area contributed by atoms with Gasteiger partial charge in [0.25, 0.3) is 0 Å². The van der Waals surface area contributed by atoms with Gasteiger partial charge in [0.1, 0.15) is 11.6 Å². The second kappa shape index (κ2) is 7.93. The molecule has 0 amide bonds. The first-order chi connectivity index (χ1) is 11.1. The average molecular weight is 318 g/mol. The van der Waals surface area contributed by atoms with Crippen molar-refractivity contribution in [2.75, 3.05) is 12.4 Å². The lowest BCUT2D eigenvalue weighted by Crippen LogP contribution is -1.99. The van der Waals surface area contributed by atoms with Gasteiger partial charge in [0.2, 0.25) is 0 Å². The van der Waals surface area contributed by atoms with E-state index in [2.05, 4.69) is 9.73 Å². The predicted octanol–water partition coefficient (Wildman–Crippen LogP) is 3.95. The Morgan fingerprint density at radius 1 is 1.26 bits per heavy atom. The molecule has 1 N–H and O–H groups in total. The van der Waals surface area contributed by atoms with Gasteiger partial charge in [0.15, 0.2) is 12.0 Å². The van der Waals surface area contributed by atoms with E-state index in [1.165, 1.54) is 18.4 Å². The van der Waals surface area contributed by atoms with Crippen molar-refractivity contribution in [3.63, 3.8) is 0 Å². The number of aldehydes is 1. The van der Waals surface area contributed by atoms with Crippen LogP contribution in [-0.4, -0.2) is 17.9 Å². The second-order valence-corrected chi connectivity index (χ2v) is 4.69. The van der Waals surface area contributed by atoms with Crippen molar-refractivity contribution in [2.45, 2.75) is 6.54 Å². The Bertz CT molecular complexity index is 752. The first-order valence-corrected chi connectivity index (χ1v) is 6.88. The number of nitrogens with zero attached hydrogens (tertiary/aromatic N) is 1. The molecule has 3 aromatic rings. The highest BCUT2D eigenvalue weighted by Gasteiger charge is 2.04. The number of carbonyl (C=O) groups excluding carboxylic acids is 1. The summed E-state index contributed by atoms with van der Waals surface area (Å²) in [6.45, 7) is 0.397. The maximum atomic E-state index is 13.4. The van der Waals surface area contributed by atoms with E-state index in [0.717, 1.165) is 11.8 Å². The van der Waals surface area contributed by atoms with E-state index in [4.69, 9.17) is 0 Å². The molecule has 3 rings (SSSR count). The Kier molecular flexibility index (Phi) is 5.68. The molecule has 120 valence electrons. The van der Waals surface area contributed by atoms with Crippen molar-refractivity contribution in [3.05, 3.63) is 78.0 Å². The maximum absolute atomic E-state index is 13.4. The van der Waals surface area contributed by atoms with Gasteiger partial charge in [-0.3, -0.25) is 4.79 Å². The lowest BCUT2D eigenvalue weighted by Gasteiger charge is -2.04. The number of furan rings is 1. The summed E-state index contributed by atoms with van der Waals surface area (Å²) in [4.78, 5) is 9.77. The zero-order valence-electron chi connectivity index (χ0n) is 12.5. The minimum Gasteiger partial charge on any atom is -0.462 e. The molecule has 0 fully saturated rings. The van der Waals surface area contributed by atoms with Crippen molar-refractivity contribution in [2.24, 2.45) is 0 Å². The van der Waals surface area contributed by atoms with Crippen LogP contribution in [0.25, 0.3) is 0 Å². The van der Waals surface area contributed by atoms with E-state index < -0.39 is 11.6 Å². The highest BCUT2D eigenvalue weighted by atomic mass is 19.1. The van der Waals surface area contributed by atoms with Crippen molar-refractivity contribution in [3.8, 4) is 0 Å². The fourth-order valence-electron chi connectivity index (χ4n) is 1.89. The van der Waals surface area contributed by atoms with Crippen LogP contribution in [0, 0.1) is 11.6 Å². The number of rotatable bonds is 4. The number of nitrogens with one attached hydrogen (secondary N) is 1. The molecule has 2 aromatic heterocycles. The number of hydrogen-bond acceptors (Lipinski definition) is 3. The Hall–Kier alpha value is -2.89.